The third-order valence-corrected chi connectivity index (χ3v) is 2.42. The molecule has 1 fully saturated rings. The lowest BCUT2D eigenvalue weighted by molar-refractivity contribution is 0.327. The van der Waals surface area contributed by atoms with Gasteiger partial charge in [0.05, 0.1) is 5.69 Å². The minimum atomic E-state index is 0.809. The molecule has 0 radical (unpaired) electrons. The van der Waals surface area contributed by atoms with Crippen molar-refractivity contribution in [3.05, 3.63) is 24.0 Å². The van der Waals surface area contributed by atoms with Gasteiger partial charge in [-0.3, -0.25) is 9.88 Å². The van der Waals surface area contributed by atoms with Crippen molar-refractivity contribution in [2.45, 2.75) is 19.4 Å². The number of nitrogen functional groups attached to an aromatic ring is 1. The molecule has 1 aromatic heterocycles. The van der Waals surface area contributed by atoms with E-state index in [-0.39, 0.29) is 0 Å². The van der Waals surface area contributed by atoms with Crippen LogP contribution >= 0.6 is 0 Å². The minimum Gasteiger partial charge on any atom is -0.399 e. The van der Waals surface area contributed by atoms with Gasteiger partial charge in [0.25, 0.3) is 0 Å². The van der Waals surface area contributed by atoms with Crippen LogP contribution in [0.5, 0.6) is 0 Å². The first-order valence-corrected chi connectivity index (χ1v) is 4.77. The van der Waals surface area contributed by atoms with Gasteiger partial charge in [-0.25, -0.2) is 0 Å². The van der Waals surface area contributed by atoms with Crippen LogP contribution in [-0.2, 0) is 6.54 Å². The molecular weight excluding hydrogens is 162 g/mol. The molecule has 2 heterocycles. The predicted octanol–water partition coefficient (Wildman–Crippen LogP) is 1.26. The van der Waals surface area contributed by atoms with Crippen LogP contribution in [-0.4, -0.2) is 23.0 Å². The van der Waals surface area contributed by atoms with Crippen molar-refractivity contribution in [3.63, 3.8) is 0 Å². The monoisotopic (exact) mass is 177 g/mol. The predicted molar refractivity (Wildman–Crippen MR) is 53.2 cm³/mol. The second-order valence-electron chi connectivity index (χ2n) is 3.56. The third-order valence-electron chi connectivity index (χ3n) is 2.42. The van der Waals surface area contributed by atoms with Gasteiger partial charge < -0.3 is 5.73 Å². The molecule has 1 saturated heterocycles. The summed E-state index contributed by atoms with van der Waals surface area (Å²) < 4.78 is 0. The average Bonchev–Trinajstić information content (AvgIpc) is 2.57. The van der Waals surface area contributed by atoms with Gasteiger partial charge in [-0.2, -0.15) is 0 Å². The fraction of sp³-hybridized carbons (Fsp3) is 0.500. The third kappa shape index (κ3) is 2.18. The summed E-state index contributed by atoms with van der Waals surface area (Å²) in [7, 11) is 0. The van der Waals surface area contributed by atoms with Crippen molar-refractivity contribution >= 4 is 5.69 Å². The molecule has 2 rings (SSSR count). The first kappa shape index (κ1) is 8.51. The Morgan fingerprint density at radius 3 is 2.85 bits per heavy atom. The second kappa shape index (κ2) is 3.75. The Balaban J connectivity index is 2.00. The molecule has 0 spiro atoms. The summed E-state index contributed by atoms with van der Waals surface area (Å²) in [6.45, 7) is 3.36. The first-order chi connectivity index (χ1) is 6.34. The Morgan fingerprint density at radius 1 is 1.38 bits per heavy atom. The fourth-order valence-corrected chi connectivity index (χ4v) is 1.75. The van der Waals surface area contributed by atoms with Gasteiger partial charge in [0.2, 0.25) is 0 Å². The molecule has 0 atom stereocenters. The van der Waals surface area contributed by atoms with Crippen LogP contribution in [0, 0.1) is 0 Å². The van der Waals surface area contributed by atoms with Gasteiger partial charge in [-0.05, 0) is 38.1 Å². The molecule has 0 aromatic carbocycles. The molecule has 3 heteroatoms. The van der Waals surface area contributed by atoms with Crippen molar-refractivity contribution < 1.29 is 0 Å². The van der Waals surface area contributed by atoms with Gasteiger partial charge >= 0.3 is 0 Å². The van der Waals surface area contributed by atoms with Crippen molar-refractivity contribution in [1.82, 2.24) is 9.88 Å². The largest absolute Gasteiger partial charge is 0.399 e. The summed E-state index contributed by atoms with van der Waals surface area (Å²) in [5.41, 5.74) is 7.57. The summed E-state index contributed by atoms with van der Waals surface area (Å²) >= 11 is 0. The van der Waals surface area contributed by atoms with Crippen LogP contribution in [0.3, 0.4) is 0 Å². The van der Waals surface area contributed by atoms with E-state index in [9.17, 15) is 0 Å². The molecule has 2 N–H and O–H groups in total. The molecule has 0 unspecified atom stereocenters. The highest BCUT2D eigenvalue weighted by Gasteiger charge is 2.11. The zero-order valence-electron chi connectivity index (χ0n) is 7.74. The quantitative estimate of drug-likeness (QED) is 0.739. The Kier molecular flexibility index (Phi) is 2.45. The molecule has 1 aromatic rings. The van der Waals surface area contributed by atoms with Crippen LogP contribution in [0.2, 0.25) is 0 Å². The van der Waals surface area contributed by atoms with Gasteiger partial charge in [0.15, 0.2) is 0 Å². The highest BCUT2D eigenvalue weighted by molar-refractivity contribution is 5.37. The Bertz CT molecular complexity index is 279. The van der Waals surface area contributed by atoms with Crippen LogP contribution in [0.15, 0.2) is 18.3 Å². The van der Waals surface area contributed by atoms with E-state index >= 15 is 0 Å². The van der Waals surface area contributed by atoms with Crippen LogP contribution in [0.4, 0.5) is 5.69 Å². The number of nitrogens with zero attached hydrogens (tertiary/aromatic N) is 2. The minimum absolute atomic E-state index is 0.809. The molecule has 0 saturated carbocycles. The lowest BCUT2D eigenvalue weighted by Gasteiger charge is -2.13. The number of hydrogen-bond donors (Lipinski definition) is 1. The number of anilines is 1. The summed E-state index contributed by atoms with van der Waals surface area (Å²) in [5.74, 6) is 0. The fourth-order valence-electron chi connectivity index (χ4n) is 1.75. The Morgan fingerprint density at radius 2 is 2.15 bits per heavy atom. The van der Waals surface area contributed by atoms with E-state index in [0.29, 0.717) is 0 Å². The van der Waals surface area contributed by atoms with Crippen molar-refractivity contribution in [3.8, 4) is 0 Å². The lowest BCUT2D eigenvalue weighted by Crippen LogP contribution is -2.19. The van der Waals surface area contributed by atoms with Gasteiger partial charge in [-0.1, -0.05) is 0 Å². The molecule has 0 amide bonds. The number of aromatic nitrogens is 1. The zero-order chi connectivity index (χ0) is 9.10. The maximum Gasteiger partial charge on any atom is 0.0564 e. The Labute approximate surface area is 78.6 Å². The van der Waals surface area contributed by atoms with Crippen molar-refractivity contribution in [2.24, 2.45) is 0 Å². The van der Waals surface area contributed by atoms with Crippen LogP contribution in [0.25, 0.3) is 0 Å². The van der Waals surface area contributed by atoms with E-state index in [2.05, 4.69) is 9.88 Å². The molecule has 13 heavy (non-hydrogen) atoms. The number of nitrogens with two attached hydrogens (primary N) is 1. The summed E-state index contributed by atoms with van der Waals surface area (Å²) in [4.78, 5) is 6.70. The van der Waals surface area contributed by atoms with Crippen molar-refractivity contribution in [1.29, 1.82) is 0 Å². The van der Waals surface area contributed by atoms with Gasteiger partial charge in [0.1, 0.15) is 0 Å². The second-order valence-corrected chi connectivity index (χ2v) is 3.56. The van der Waals surface area contributed by atoms with Crippen molar-refractivity contribution in [2.75, 3.05) is 18.8 Å². The van der Waals surface area contributed by atoms with E-state index in [1.54, 1.807) is 6.20 Å². The maximum absolute atomic E-state index is 5.67. The van der Waals surface area contributed by atoms with Gasteiger partial charge in [-0.15, -0.1) is 0 Å². The smallest absolute Gasteiger partial charge is 0.0564 e. The molecular formula is C10H15N3. The van der Waals surface area contributed by atoms with Gasteiger partial charge in [0, 0.05) is 18.4 Å². The molecule has 1 aliphatic heterocycles. The van der Waals surface area contributed by atoms with E-state index in [1.807, 2.05) is 12.1 Å². The summed E-state index contributed by atoms with van der Waals surface area (Å²) in [6, 6.07) is 3.78. The zero-order valence-corrected chi connectivity index (χ0v) is 7.74. The summed E-state index contributed by atoms with van der Waals surface area (Å²) in [5, 5.41) is 0. The van der Waals surface area contributed by atoms with Crippen LogP contribution < -0.4 is 5.73 Å². The van der Waals surface area contributed by atoms with E-state index in [4.69, 9.17) is 5.73 Å². The molecule has 3 nitrogen and oxygen atoms in total. The number of rotatable bonds is 2. The topological polar surface area (TPSA) is 42.1 Å². The SMILES string of the molecule is Nc1ccnc(CN2CCCC2)c1. The highest BCUT2D eigenvalue weighted by atomic mass is 15.1. The lowest BCUT2D eigenvalue weighted by atomic mass is 10.3. The van der Waals surface area contributed by atoms with E-state index in [1.165, 1.54) is 25.9 Å². The van der Waals surface area contributed by atoms with E-state index in [0.717, 1.165) is 17.9 Å². The average molecular weight is 177 g/mol. The first-order valence-electron chi connectivity index (χ1n) is 4.77. The van der Waals surface area contributed by atoms with E-state index < -0.39 is 0 Å². The maximum atomic E-state index is 5.67. The molecule has 0 bridgehead atoms. The normalized spacial score (nSPS) is 17.8. The standard InChI is InChI=1S/C10H15N3/c11-9-3-4-12-10(7-9)8-13-5-1-2-6-13/h3-4,7H,1-2,5-6,8H2,(H2,11,12). The molecule has 1 aliphatic rings. The summed E-state index contributed by atoms with van der Waals surface area (Å²) in [6.07, 6.45) is 4.42. The Hall–Kier alpha value is -1.09. The molecule has 0 aliphatic carbocycles. The molecule has 70 valence electrons. The highest BCUT2D eigenvalue weighted by Crippen LogP contribution is 2.12. The number of pyridine rings is 1. The van der Waals surface area contributed by atoms with Crippen LogP contribution in [0.1, 0.15) is 18.5 Å². The number of likely N-dealkylation sites (tertiary alicyclic amines) is 1. The number of hydrogen-bond acceptors (Lipinski definition) is 3.